The second-order valence-electron chi connectivity index (χ2n) is 8.73. The predicted molar refractivity (Wildman–Crippen MR) is 99.7 cm³/mol. The fourth-order valence-electron chi connectivity index (χ4n) is 3.49. The van der Waals surface area contributed by atoms with Gasteiger partial charge in [0, 0.05) is 0 Å². The van der Waals surface area contributed by atoms with Crippen LogP contribution in [0.5, 0.6) is 5.75 Å². The highest BCUT2D eigenvalue weighted by Crippen LogP contribution is 2.35. The van der Waals surface area contributed by atoms with Gasteiger partial charge in [-0.25, -0.2) is 0 Å². The van der Waals surface area contributed by atoms with E-state index < -0.39 is 23.9 Å². The molecule has 3 atom stereocenters. The standard InChI is InChI=1S/C20H26F3N3O3/c1-19(2,3)16(11-6-8-13(9-7-11)29-20(21,22)23)26-18(28)14-10-15(27)25-17(24-14)12-4-5-12/h6-9,12,14,16-17,24H,4-5,10H2,1-3H3,(H,25,27)(H,26,28)/t14?,16-,17?/m0/s1. The lowest BCUT2D eigenvalue weighted by Crippen LogP contribution is -2.62. The average molecular weight is 413 g/mol. The Morgan fingerprint density at radius 3 is 2.31 bits per heavy atom. The van der Waals surface area contributed by atoms with E-state index in [9.17, 15) is 22.8 Å². The molecule has 6 nitrogen and oxygen atoms in total. The number of hydrogen-bond donors (Lipinski definition) is 3. The van der Waals surface area contributed by atoms with E-state index >= 15 is 0 Å². The van der Waals surface area contributed by atoms with E-state index in [0.717, 1.165) is 12.8 Å². The van der Waals surface area contributed by atoms with E-state index in [1.165, 1.54) is 24.3 Å². The number of hydrogen-bond acceptors (Lipinski definition) is 4. The molecule has 1 aromatic rings. The van der Waals surface area contributed by atoms with Crippen molar-refractivity contribution in [2.45, 2.75) is 64.6 Å². The molecule has 2 fully saturated rings. The highest BCUT2D eigenvalue weighted by atomic mass is 19.4. The van der Waals surface area contributed by atoms with E-state index in [1.54, 1.807) is 0 Å². The van der Waals surface area contributed by atoms with Gasteiger partial charge in [0.25, 0.3) is 0 Å². The summed E-state index contributed by atoms with van der Waals surface area (Å²) in [5.41, 5.74) is 0.244. The molecular weight excluding hydrogens is 387 g/mol. The Morgan fingerprint density at radius 2 is 1.79 bits per heavy atom. The molecule has 2 amide bonds. The first kappa shape index (κ1) is 21.4. The zero-order valence-electron chi connectivity index (χ0n) is 16.6. The summed E-state index contributed by atoms with van der Waals surface area (Å²) in [6, 6.07) is 4.36. The van der Waals surface area contributed by atoms with E-state index in [4.69, 9.17) is 0 Å². The molecule has 1 aliphatic carbocycles. The molecule has 0 spiro atoms. The molecule has 1 saturated carbocycles. The van der Waals surface area contributed by atoms with Crippen LogP contribution in [0.1, 0.15) is 51.6 Å². The summed E-state index contributed by atoms with van der Waals surface area (Å²) in [6.07, 6.45) is -2.87. The van der Waals surface area contributed by atoms with Gasteiger partial charge in [0.05, 0.1) is 24.7 Å². The molecule has 3 rings (SSSR count). The summed E-state index contributed by atoms with van der Waals surface area (Å²) >= 11 is 0. The number of nitrogens with one attached hydrogen (secondary N) is 3. The zero-order valence-corrected chi connectivity index (χ0v) is 16.6. The van der Waals surface area contributed by atoms with Gasteiger partial charge in [-0.1, -0.05) is 32.9 Å². The van der Waals surface area contributed by atoms with Gasteiger partial charge in [0.2, 0.25) is 11.8 Å². The third-order valence-corrected chi connectivity index (χ3v) is 5.10. The first-order valence-corrected chi connectivity index (χ1v) is 9.64. The molecule has 1 aliphatic heterocycles. The van der Waals surface area contributed by atoms with Crippen molar-refractivity contribution >= 4 is 11.8 Å². The summed E-state index contributed by atoms with van der Waals surface area (Å²) in [7, 11) is 0. The van der Waals surface area contributed by atoms with Crippen LogP contribution in [0.4, 0.5) is 13.2 Å². The smallest absolute Gasteiger partial charge is 0.406 e. The monoisotopic (exact) mass is 413 g/mol. The Hall–Kier alpha value is -2.29. The third-order valence-electron chi connectivity index (χ3n) is 5.10. The second-order valence-corrected chi connectivity index (χ2v) is 8.73. The van der Waals surface area contributed by atoms with E-state index in [1.807, 2.05) is 20.8 Å². The van der Waals surface area contributed by atoms with E-state index in [0.29, 0.717) is 11.5 Å². The molecule has 3 N–H and O–H groups in total. The first-order chi connectivity index (χ1) is 13.4. The fourth-order valence-corrected chi connectivity index (χ4v) is 3.49. The molecule has 0 bridgehead atoms. The number of carbonyl (C=O) groups is 2. The maximum Gasteiger partial charge on any atom is 0.573 e. The number of halogens is 3. The van der Waals surface area contributed by atoms with Crippen molar-refractivity contribution in [2.75, 3.05) is 0 Å². The maximum absolute atomic E-state index is 12.9. The van der Waals surface area contributed by atoms with Crippen molar-refractivity contribution < 1.29 is 27.5 Å². The Balaban J connectivity index is 1.72. The van der Waals surface area contributed by atoms with Crippen LogP contribution in [0.15, 0.2) is 24.3 Å². The van der Waals surface area contributed by atoms with Gasteiger partial charge in [-0.2, -0.15) is 0 Å². The lowest BCUT2D eigenvalue weighted by molar-refractivity contribution is -0.274. The first-order valence-electron chi connectivity index (χ1n) is 9.64. The van der Waals surface area contributed by atoms with Crippen LogP contribution in [0.3, 0.4) is 0 Å². The minimum atomic E-state index is -4.76. The number of benzene rings is 1. The molecule has 160 valence electrons. The summed E-state index contributed by atoms with van der Waals surface area (Å²) in [6.45, 7) is 5.77. The lowest BCUT2D eigenvalue weighted by Gasteiger charge is -2.36. The molecule has 0 aromatic heterocycles. The van der Waals surface area contributed by atoms with Crippen LogP contribution in [-0.2, 0) is 9.59 Å². The normalized spacial score (nSPS) is 23.9. The maximum atomic E-state index is 12.9. The Bertz CT molecular complexity index is 755. The van der Waals surface area contributed by atoms with Gasteiger partial charge in [-0.3, -0.25) is 14.9 Å². The number of carbonyl (C=O) groups excluding carboxylic acids is 2. The van der Waals surface area contributed by atoms with Crippen LogP contribution in [0, 0.1) is 11.3 Å². The third kappa shape index (κ3) is 5.85. The van der Waals surface area contributed by atoms with Crippen molar-refractivity contribution in [3.05, 3.63) is 29.8 Å². The summed E-state index contributed by atoms with van der Waals surface area (Å²) in [5.74, 6) is -0.435. The Labute approximate surface area is 167 Å². The fraction of sp³-hybridized carbons (Fsp3) is 0.600. The molecule has 1 heterocycles. The molecule has 0 radical (unpaired) electrons. The highest BCUT2D eigenvalue weighted by molar-refractivity contribution is 5.89. The van der Waals surface area contributed by atoms with E-state index in [-0.39, 0.29) is 30.2 Å². The van der Waals surface area contributed by atoms with Crippen molar-refractivity contribution in [1.29, 1.82) is 0 Å². The van der Waals surface area contributed by atoms with Crippen molar-refractivity contribution in [3.63, 3.8) is 0 Å². The largest absolute Gasteiger partial charge is 0.573 e. The van der Waals surface area contributed by atoms with Crippen LogP contribution in [-0.4, -0.2) is 30.4 Å². The SMILES string of the molecule is CC(C)(C)[C@@H](NC(=O)C1CC(=O)NC(C2CC2)N1)c1ccc(OC(F)(F)F)cc1. The van der Waals surface area contributed by atoms with Crippen LogP contribution in [0.25, 0.3) is 0 Å². The molecule has 29 heavy (non-hydrogen) atoms. The van der Waals surface area contributed by atoms with E-state index in [2.05, 4.69) is 20.7 Å². The summed E-state index contributed by atoms with van der Waals surface area (Å²) < 4.78 is 41.0. The number of amides is 2. The van der Waals surface area contributed by atoms with Crippen molar-refractivity contribution in [2.24, 2.45) is 11.3 Å². The van der Waals surface area contributed by atoms with Crippen LogP contribution < -0.4 is 20.7 Å². The van der Waals surface area contributed by atoms with Gasteiger partial charge in [-0.05, 0) is 41.9 Å². The highest BCUT2D eigenvalue weighted by Gasteiger charge is 2.40. The van der Waals surface area contributed by atoms with Crippen molar-refractivity contribution in [1.82, 2.24) is 16.0 Å². The minimum Gasteiger partial charge on any atom is -0.406 e. The molecule has 9 heteroatoms. The summed E-state index contributed by atoms with van der Waals surface area (Å²) in [4.78, 5) is 24.9. The van der Waals surface area contributed by atoms with Gasteiger partial charge < -0.3 is 15.4 Å². The van der Waals surface area contributed by atoms with Crippen LogP contribution in [0.2, 0.25) is 0 Å². The molecule has 2 aliphatic rings. The molecule has 1 saturated heterocycles. The lowest BCUT2D eigenvalue weighted by atomic mass is 9.82. The number of ether oxygens (including phenoxy) is 1. The second kappa shape index (κ2) is 7.85. The number of rotatable bonds is 5. The zero-order chi connectivity index (χ0) is 21.4. The minimum absolute atomic E-state index is 0.0459. The van der Waals surface area contributed by atoms with Gasteiger partial charge in [0.15, 0.2) is 0 Å². The van der Waals surface area contributed by atoms with Gasteiger partial charge >= 0.3 is 6.36 Å². The number of alkyl halides is 3. The molecular formula is C20H26F3N3O3. The van der Waals surface area contributed by atoms with Gasteiger partial charge in [-0.15, -0.1) is 13.2 Å². The van der Waals surface area contributed by atoms with Crippen molar-refractivity contribution in [3.8, 4) is 5.75 Å². The Kier molecular flexibility index (Phi) is 5.80. The quantitative estimate of drug-likeness (QED) is 0.694. The topological polar surface area (TPSA) is 79.5 Å². The Morgan fingerprint density at radius 1 is 1.17 bits per heavy atom. The molecule has 2 unspecified atom stereocenters. The average Bonchev–Trinajstić information content (AvgIpc) is 3.42. The molecule has 1 aromatic carbocycles. The predicted octanol–water partition coefficient (Wildman–Crippen LogP) is 3.00. The van der Waals surface area contributed by atoms with Gasteiger partial charge in [0.1, 0.15) is 5.75 Å². The van der Waals surface area contributed by atoms with Crippen LogP contribution >= 0.6 is 0 Å². The summed E-state index contributed by atoms with van der Waals surface area (Å²) in [5, 5.41) is 9.03.